The maximum absolute atomic E-state index is 13.3. The van der Waals surface area contributed by atoms with E-state index in [2.05, 4.69) is 15.0 Å². The van der Waals surface area contributed by atoms with E-state index >= 15 is 0 Å². The summed E-state index contributed by atoms with van der Waals surface area (Å²) in [6, 6.07) is 24.1. The summed E-state index contributed by atoms with van der Waals surface area (Å²) in [6.07, 6.45) is 0. The van der Waals surface area contributed by atoms with Crippen molar-refractivity contribution in [3.63, 3.8) is 0 Å². The number of halogens is 1. The zero-order valence-corrected chi connectivity index (χ0v) is 19.3. The Hall–Kier alpha value is -4.08. The third-order valence-electron chi connectivity index (χ3n) is 5.26. The fourth-order valence-corrected chi connectivity index (χ4v) is 4.53. The predicted octanol–water partition coefficient (Wildman–Crippen LogP) is 3.59. The van der Waals surface area contributed by atoms with Gasteiger partial charge in [-0.3, -0.25) is 9.59 Å². The molecular weight excluding hydrogens is 469 g/mol. The molecule has 4 rings (SSSR count). The summed E-state index contributed by atoms with van der Waals surface area (Å²) in [5, 5.41) is 2.64. The Balaban J connectivity index is 1.41. The summed E-state index contributed by atoms with van der Waals surface area (Å²) in [5.41, 5.74) is 1.85. The Morgan fingerprint density at radius 3 is 2.26 bits per heavy atom. The molecule has 1 amide bonds. The van der Waals surface area contributed by atoms with E-state index in [0.29, 0.717) is 16.8 Å². The van der Waals surface area contributed by atoms with Gasteiger partial charge in [-0.05, 0) is 53.1 Å². The SMILES string of the molecule is O=C(NCc1cccc(S(=O)(=O)NCc2cccc(F)c2)c1)c1ccc(-c2ccccc2)[nH]c1=O. The molecule has 7 nitrogen and oxygen atoms in total. The number of hydrogen-bond acceptors (Lipinski definition) is 4. The van der Waals surface area contributed by atoms with Gasteiger partial charge in [-0.1, -0.05) is 54.6 Å². The van der Waals surface area contributed by atoms with Crippen LogP contribution in [0.1, 0.15) is 21.5 Å². The molecule has 0 saturated heterocycles. The number of H-pyrrole nitrogens is 1. The molecule has 0 aliphatic rings. The number of nitrogens with one attached hydrogen (secondary N) is 3. The number of rotatable bonds is 8. The molecule has 3 aromatic carbocycles. The molecule has 4 aromatic rings. The Morgan fingerprint density at radius 2 is 1.54 bits per heavy atom. The maximum Gasteiger partial charge on any atom is 0.261 e. The van der Waals surface area contributed by atoms with Crippen LogP contribution in [-0.2, 0) is 23.1 Å². The van der Waals surface area contributed by atoms with Gasteiger partial charge in [0.05, 0.1) is 4.90 Å². The summed E-state index contributed by atoms with van der Waals surface area (Å²) in [4.78, 5) is 27.7. The van der Waals surface area contributed by atoms with Crippen LogP contribution in [0.25, 0.3) is 11.3 Å². The highest BCUT2D eigenvalue weighted by Gasteiger charge is 2.16. The molecule has 0 atom stereocenters. The first-order valence-electron chi connectivity index (χ1n) is 10.7. The van der Waals surface area contributed by atoms with Gasteiger partial charge >= 0.3 is 0 Å². The maximum atomic E-state index is 13.3. The molecule has 1 aromatic heterocycles. The standard InChI is InChI=1S/C26H22FN3O4S/c27-21-10-4-6-18(14-21)17-29-35(33,34)22-11-5-7-19(15-22)16-28-25(31)23-12-13-24(30-26(23)32)20-8-2-1-3-9-20/h1-15,29H,16-17H2,(H,28,31)(H,30,32). The van der Waals surface area contributed by atoms with E-state index in [4.69, 9.17) is 0 Å². The monoisotopic (exact) mass is 491 g/mol. The fraction of sp³-hybridized carbons (Fsp3) is 0.0769. The summed E-state index contributed by atoms with van der Waals surface area (Å²) in [5.74, 6) is -1.03. The van der Waals surface area contributed by atoms with Crippen LogP contribution in [0.3, 0.4) is 0 Å². The lowest BCUT2D eigenvalue weighted by atomic mass is 10.1. The smallest absolute Gasteiger partial charge is 0.261 e. The van der Waals surface area contributed by atoms with Crippen molar-refractivity contribution in [3.05, 3.63) is 124 Å². The first kappa shape index (κ1) is 24.1. The lowest BCUT2D eigenvalue weighted by molar-refractivity contribution is 0.0949. The summed E-state index contributed by atoms with van der Waals surface area (Å²) in [7, 11) is -3.86. The zero-order chi connectivity index (χ0) is 24.8. The van der Waals surface area contributed by atoms with E-state index < -0.39 is 27.3 Å². The largest absolute Gasteiger partial charge is 0.348 e. The van der Waals surface area contributed by atoms with Gasteiger partial charge in [-0.2, -0.15) is 0 Å². The average molecular weight is 492 g/mol. The Bertz CT molecular complexity index is 1520. The number of amides is 1. The predicted molar refractivity (Wildman–Crippen MR) is 131 cm³/mol. The summed E-state index contributed by atoms with van der Waals surface area (Å²) < 4.78 is 41.1. The highest BCUT2D eigenvalue weighted by Crippen LogP contribution is 2.15. The minimum Gasteiger partial charge on any atom is -0.348 e. The van der Waals surface area contributed by atoms with E-state index in [1.165, 1.54) is 36.4 Å². The normalized spacial score (nSPS) is 11.2. The van der Waals surface area contributed by atoms with Crippen LogP contribution in [0.5, 0.6) is 0 Å². The van der Waals surface area contributed by atoms with E-state index in [1.54, 1.807) is 24.3 Å². The van der Waals surface area contributed by atoms with E-state index in [-0.39, 0.29) is 23.5 Å². The number of benzene rings is 3. The lowest BCUT2D eigenvalue weighted by Crippen LogP contribution is -2.29. The molecule has 9 heteroatoms. The van der Waals surface area contributed by atoms with Crippen molar-refractivity contribution in [2.24, 2.45) is 0 Å². The molecule has 1 heterocycles. The highest BCUT2D eigenvalue weighted by atomic mass is 32.2. The molecule has 35 heavy (non-hydrogen) atoms. The van der Waals surface area contributed by atoms with Gasteiger partial charge < -0.3 is 10.3 Å². The lowest BCUT2D eigenvalue weighted by Gasteiger charge is -2.10. The van der Waals surface area contributed by atoms with Crippen LogP contribution in [-0.4, -0.2) is 19.3 Å². The molecule has 0 spiro atoms. The first-order chi connectivity index (χ1) is 16.8. The number of carbonyl (C=O) groups excluding carboxylic acids is 1. The second-order valence-corrected chi connectivity index (χ2v) is 9.53. The number of pyridine rings is 1. The molecule has 0 aliphatic heterocycles. The molecule has 3 N–H and O–H groups in total. The van der Waals surface area contributed by atoms with Crippen LogP contribution >= 0.6 is 0 Å². The Labute approximate surface area is 201 Å². The first-order valence-corrected chi connectivity index (χ1v) is 12.2. The van der Waals surface area contributed by atoms with E-state index in [9.17, 15) is 22.4 Å². The second-order valence-electron chi connectivity index (χ2n) is 7.77. The Morgan fingerprint density at radius 1 is 0.829 bits per heavy atom. The average Bonchev–Trinajstić information content (AvgIpc) is 2.87. The number of carbonyl (C=O) groups is 1. The van der Waals surface area contributed by atoms with E-state index in [1.807, 2.05) is 30.3 Å². The van der Waals surface area contributed by atoms with E-state index in [0.717, 1.165) is 5.56 Å². The van der Waals surface area contributed by atoms with Crippen LogP contribution < -0.4 is 15.6 Å². The molecule has 0 saturated carbocycles. The van der Waals surface area contributed by atoms with Gasteiger partial charge in [0, 0.05) is 18.8 Å². The topological polar surface area (TPSA) is 108 Å². The highest BCUT2D eigenvalue weighted by molar-refractivity contribution is 7.89. The van der Waals surface area contributed by atoms with Crippen LogP contribution in [0, 0.1) is 5.82 Å². The number of hydrogen-bond donors (Lipinski definition) is 3. The molecule has 0 bridgehead atoms. The third-order valence-corrected chi connectivity index (χ3v) is 6.65. The second kappa shape index (κ2) is 10.5. The quantitative estimate of drug-likeness (QED) is 0.350. The molecule has 178 valence electrons. The van der Waals surface area contributed by atoms with Crippen molar-refractivity contribution in [3.8, 4) is 11.3 Å². The molecule has 0 unspecified atom stereocenters. The van der Waals surface area contributed by atoms with Crippen LogP contribution in [0.4, 0.5) is 4.39 Å². The van der Waals surface area contributed by atoms with Gasteiger partial charge in [0.1, 0.15) is 11.4 Å². The van der Waals surface area contributed by atoms with Crippen molar-refractivity contribution in [1.82, 2.24) is 15.0 Å². The molecule has 0 fully saturated rings. The molecule has 0 aliphatic carbocycles. The number of sulfonamides is 1. The van der Waals surface area contributed by atoms with Crippen molar-refractivity contribution >= 4 is 15.9 Å². The molecular formula is C26H22FN3O4S. The van der Waals surface area contributed by atoms with Crippen LogP contribution in [0.2, 0.25) is 0 Å². The van der Waals surface area contributed by atoms with Gasteiger partial charge in [0.2, 0.25) is 10.0 Å². The van der Waals surface area contributed by atoms with Crippen molar-refractivity contribution in [2.45, 2.75) is 18.0 Å². The zero-order valence-electron chi connectivity index (χ0n) is 18.5. The van der Waals surface area contributed by atoms with Crippen molar-refractivity contribution < 1.29 is 17.6 Å². The number of aromatic nitrogens is 1. The summed E-state index contributed by atoms with van der Waals surface area (Å²) in [6.45, 7) is -0.0468. The number of aromatic amines is 1. The van der Waals surface area contributed by atoms with Crippen molar-refractivity contribution in [2.75, 3.05) is 0 Å². The van der Waals surface area contributed by atoms with Gasteiger partial charge in [-0.25, -0.2) is 17.5 Å². The van der Waals surface area contributed by atoms with Gasteiger partial charge in [-0.15, -0.1) is 0 Å². The fourth-order valence-electron chi connectivity index (χ4n) is 3.45. The van der Waals surface area contributed by atoms with Crippen molar-refractivity contribution in [1.29, 1.82) is 0 Å². The van der Waals surface area contributed by atoms with Gasteiger partial charge in [0.15, 0.2) is 0 Å². The third kappa shape index (κ3) is 6.08. The van der Waals surface area contributed by atoms with Crippen LogP contribution in [0.15, 0.2) is 101 Å². The molecule has 0 radical (unpaired) electrons. The van der Waals surface area contributed by atoms with Gasteiger partial charge in [0.25, 0.3) is 11.5 Å². The minimum atomic E-state index is -3.86. The minimum absolute atomic E-state index is 0.00529. The Kier molecular flexibility index (Phi) is 7.19. The summed E-state index contributed by atoms with van der Waals surface area (Å²) >= 11 is 0.